The second-order valence-electron chi connectivity index (χ2n) is 6.46. The molecule has 4 nitrogen and oxygen atoms in total. The molecule has 2 fully saturated rings. The molecule has 21 heavy (non-hydrogen) atoms. The molecule has 2 saturated carbocycles. The molecule has 1 heterocycles. The lowest BCUT2D eigenvalue weighted by Crippen LogP contribution is -2.34. The van der Waals surface area contributed by atoms with E-state index in [9.17, 15) is 4.79 Å². The number of fused-ring (bicyclic) bond motifs is 1. The lowest BCUT2D eigenvalue weighted by Gasteiger charge is -2.38. The molecule has 0 saturated heterocycles. The number of halogens is 1. The summed E-state index contributed by atoms with van der Waals surface area (Å²) in [6.07, 6.45) is 8.55. The minimum Gasteiger partial charge on any atom is -0.294 e. The van der Waals surface area contributed by atoms with Gasteiger partial charge in [-0.2, -0.15) is 0 Å². The molecular weight excluding hydrogens is 286 g/mol. The quantitative estimate of drug-likeness (QED) is 0.841. The van der Waals surface area contributed by atoms with Gasteiger partial charge in [0.15, 0.2) is 0 Å². The van der Waals surface area contributed by atoms with E-state index in [1.165, 1.54) is 32.1 Å². The van der Waals surface area contributed by atoms with E-state index in [0.717, 1.165) is 30.4 Å². The average molecular weight is 308 g/mol. The summed E-state index contributed by atoms with van der Waals surface area (Å²) in [5.41, 5.74) is 0.765. The largest absolute Gasteiger partial charge is 0.294 e. The Morgan fingerprint density at radius 1 is 1.19 bits per heavy atom. The Labute approximate surface area is 130 Å². The molecule has 1 amide bonds. The second-order valence-corrected chi connectivity index (χ2v) is 6.85. The summed E-state index contributed by atoms with van der Waals surface area (Å²) in [7, 11) is 0. The number of carbonyl (C=O) groups is 1. The molecule has 1 aromatic heterocycles. The lowest BCUT2D eigenvalue weighted by molar-refractivity contribution is -0.122. The van der Waals surface area contributed by atoms with Gasteiger partial charge >= 0.3 is 0 Å². The molecular formula is C16H22ClN3O. The molecule has 0 spiro atoms. The first-order valence-corrected chi connectivity index (χ1v) is 8.31. The number of carbonyl (C=O) groups excluding carboxylic acids is 1. The van der Waals surface area contributed by atoms with Gasteiger partial charge in [-0.3, -0.25) is 10.1 Å². The van der Waals surface area contributed by atoms with E-state index in [0.29, 0.717) is 11.1 Å². The van der Waals surface area contributed by atoms with Gasteiger partial charge in [0.25, 0.3) is 0 Å². The Kier molecular flexibility index (Phi) is 4.43. The molecule has 0 bridgehead atoms. The highest BCUT2D eigenvalue weighted by molar-refractivity contribution is 6.29. The van der Waals surface area contributed by atoms with E-state index in [4.69, 9.17) is 11.6 Å². The lowest BCUT2D eigenvalue weighted by atomic mass is 9.67. The zero-order valence-corrected chi connectivity index (χ0v) is 13.2. The first-order chi connectivity index (χ1) is 10.1. The summed E-state index contributed by atoms with van der Waals surface area (Å²) in [6, 6.07) is 1.68. The van der Waals surface area contributed by atoms with Crippen LogP contribution in [0.25, 0.3) is 0 Å². The van der Waals surface area contributed by atoms with Crippen molar-refractivity contribution in [2.24, 2.45) is 17.8 Å². The van der Waals surface area contributed by atoms with Crippen molar-refractivity contribution in [1.29, 1.82) is 0 Å². The van der Waals surface area contributed by atoms with Crippen LogP contribution in [0, 0.1) is 24.7 Å². The third-order valence-electron chi connectivity index (χ3n) is 4.97. The molecule has 114 valence electrons. The van der Waals surface area contributed by atoms with E-state index in [1.54, 1.807) is 6.07 Å². The predicted molar refractivity (Wildman–Crippen MR) is 83.2 cm³/mol. The average Bonchev–Trinajstić information content (AvgIpc) is 2.45. The van der Waals surface area contributed by atoms with Gasteiger partial charge in [0.2, 0.25) is 11.9 Å². The van der Waals surface area contributed by atoms with E-state index in [1.807, 2.05) is 6.92 Å². The number of hydrogen-bond donors (Lipinski definition) is 1. The van der Waals surface area contributed by atoms with Gasteiger partial charge in [0, 0.05) is 11.6 Å². The van der Waals surface area contributed by atoms with Gasteiger partial charge in [-0.05, 0) is 44.1 Å². The highest BCUT2D eigenvalue weighted by Gasteiger charge is 2.35. The summed E-state index contributed by atoms with van der Waals surface area (Å²) < 4.78 is 0. The second kappa shape index (κ2) is 6.30. The van der Waals surface area contributed by atoms with E-state index < -0.39 is 0 Å². The summed E-state index contributed by atoms with van der Waals surface area (Å²) in [4.78, 5) is 20.7. The number of rotatable bonds is 2. The van der Waals surface area contributed by atoms with Gasteiger partial charge in [-0.1, -0.05) is 37.3 Å². The number of nitrogens with zero attached hydrogens (tertiary/aromatic N) is 2. The standard InChI is InChI=1S/C16H22ClN3O/c1-10-8-14(17)19-16(18-10)20-15(21)13-7-6-11-4-2-3-5-12(11)9-13/h8,11-13H,2-7,9H2,1H3,(H,18,19,20,21). The maximum absolute atomic E-state index is 12.4. The van der Waals surface area contributed by atoms with Crippen molar-refractivity contribution in [2.45, 2.75) is 51.9 Å². The Morgan fingerprint density at radius 2 is 1.95 bits per heavy atom. The first kappa shape index (κ1) is 14.8. The fourth-order valence-electron chi connectivity index (χ4n) is 3.91. The highest BCUT2D eigenvalue weighted by atomic mass is 35.5. The molecule has 3 atom stereocenters. The van der Waals surface area contributed by atoms with Crippen LogP contribution >= 0.6 is 11.6 Å². The van der Waals surface area contributed by atoms with E-state index >= 15 is 0 Å². The fraction of sp³-hybridized carbons (Fsp3) is 0.688. The molecule has 0 radical (unpaired) electrons. The van der Waals surface area contributed by atoms with Crippen LogP contribution in [0.5, 0.6) is 0 Å². The van der Waals surface area contributed by atoms with Crippen molar-refractivity contribution in [3.8, 4) is 0 Å². The minimum absolute atomic E-state index is 0.0562. The third kappa shape index (κ3) is 3.54. The van der Waals surface area contributed by atoms with Crippen LogP contribution in [0.3, 0.4) is 0 Å². The van der Waals surface area contributed by atoms with Crippen molar-refractivity contribution in [3.63, 3.8) is 0 Å². The monoisotopic (exact) mass is 307 g/mol. The van der Waals surface area contributed by atoms with Gasteiger partial charge in [-0.15, -0.1) is 0 Å². The molecule has 0 aromatic carbocycles. The van der Waals surface area contributed by atoms with Crippen LogP contribution in [-0.4, -0.2) is 15.9 Å². The molecule has 3 unspecified atom stereocenters. The van der Waals surface area contributed by atoms with E-state index in [2.05, 4.69) is 15.3 Å². The van der Waals surface area contributed by atoms with Crippen molar-refractivity contribution in [2.75, 3.05) is 5.32 Å². The van der Waals surface area contributed by atoms with Crippen molar-refractivity contribution in [1.82, 2.24) is 9.97 Å². The van der Waals surface area contributed by atoms with Crippen molar-refractivity contribution in [3.05, 3.63) is 16.9 Å². The zero-order chi connectivity index (χ0) is 14.8. The summed E-state index contributed by atoms with van der Waals surface area (Å²) >= 11 is 5.91. The summed E-state index contributed by atoms with van der Waals surface area (Å²) in [5.74, 6) is 2.08. The summed E-state index contributed by atoms with van der Waals surface area (Å²) in [5, 5.41) is 3.21. The summed E-state index contributed by atoms with van der Waals surface area (Å²) in [6.45, 7) is 1.84. The topological polar surface area (TPSA) is 54.9 Å². The smallest absolute Gasteiger partial charge is 0.231 e. The van der Waals surface area contributed by atoms with Crippen LogP contribution in [0.2, 0.25) is 5.15 Å². The normalized spacial score (nSPS) is 28.8. The van der Waals surface area contributed by atoms with Crippen LogP contribution < -0.4 is 5.32 Å². The number of hydrogen-bond acceptors (Lipinski definition) is 3. The third-order valence-corrected chi connectivity index (χ3v) is 5.16. The van der Waals surface area contributed by atoms with Crippen LogP contribution in [0.4, 0.5) is 5.95 Å². The molecule has 2 aliphatic rings. The predicted octanol–water partition coefficient (Wildman–Crippen LogP) is 3.98. The van der Waals surface area contributed by atoms with Crippen LogP contribution in [0.15, 0.2) is 6.07 Å². The molecule has 3 rings (SSSR count). The number of aryl methyl sites for hydroxylation is 1. The number of nitrogens with one attached hydrogen (secondary N) is 1. The molecule has 0 aliphatic heterocycles. The van der Waals surface area contributed by atoms with Crippen molar-refractivity contribution >= 4 is 23.5 Å². The highest BCUT2D eigenvalue weighted by Crippen LogP contribution is 2.42. The molecule has 1 N–H and O–H groups in total. The zero-order valence-electron chi connectivity index (χ0n) is 12.4. The van der Waals surface area contributed by atoms with Gasteiger partial charge in [0.05, 0.1) is 0 Å². The first-order valence-electron chi connectivity index (χ1n) is 7.94. The van der Waals surface area contributed by atoms with Gasteiger partial charge < -0.3 is 0 Å². The SMILES string of the molecule is Cc1cc(Cl)nc(NC(=O)C2CCC3CCCCC3C2)n1. The Bertz CT molecular complexity index is 514. The minimum atomic E-state index is 0.0562. The maximum atomic E-state index is 12.4. The Balaban J connectivity index is 1.62. The Morgan fingerprint density at radius 3 is 2.71 bits per heavy atom. The van der Waals surface area contributed by atoms with Crippen LogP contribution in [0.1, 0.15) is 50.6 Å². The Hall–Kier alpha value is -1.16. The fourth-order valence-corrected chi connectivity index (χ4v) is 4.15. The van der Waals surface area contributed by atoms with Gasteiger partial charge in [0.1, 0.15) is 5.15 Å². The van der Waals surface area contributed by atoms with Crippen LogP contribution in [-0.2, 0) is 4.79 Å². The molecule has 5 heteroatoms. The number of anilines is 1. The number of aromatic nitrogens is 2. The number of amides is 1. The maximum Gasteiger partial charge on any atom is 0.231 e. The van der Waals surface area contributed by atoms with Crippen molar-refractivity contribution < 1.29 is 4.79 Å². The van der Waals surface area contributed by atoms with Gasteiger partial charge in [-0.25, -0.2) is 9.97 Å². The molecule has 2 aliphatic carbocycles. The van der Waals surface area contributed by atoms with E-state index in [-0.39, 0.29) is 11.8 Å². The molecule has 1 aromatic rings.